The first-order valence-electron chi connectivity index (χ1n) is 9.86. The maximum atomic E-state index is 6.19. The molecule has 2 heterocycles. The number of benzene rings is 2. The molecular formula is C22H24N6O2S. The van der Waals surface area contributed by atoms with Gasteiger partial charge in [0.15, 0.2) is 5.82 Å². The van der Waals surface area contributed by atoms with Gasteiger partial charge in [0.05, 0.1) is 5.25 Å². The molecule has 9 heteroatoms. The summed E-state index contributed by atoms with van der Waals surface area (Å²) >= 11 is 1.39. The first-order valence-corrected chi connectivity index (χ1v) is 10.7. The molecule has 31 heavy (non-hydrogen) atoms. The van der Waals surface area contributed by atoms with Crippen molar-refractivity contribution in [2.24, 2.45) is 0 Å². The molecule has 2 aromatic carbocycles. The van der Waals surface area contributed by atoms with E-state index in [0.717, 1.165) is 22.4 Å². The van der Waals surface area contributed by atoms with Crippen molar-refractivity contribution in [1.29, 1.82) is 0 Å². The summed E-state index contributed by atoms with van der Waals surface area (Å²) in [5, 5.41) is 17.1. The molecule has 2 aromatic heterocycles. The SMILES string of the molecule is Cc1ccc(-c2nnc(C(C)Sc3nnc(COc4cc(C)cc(C)c4)n3N)o2)cc1. The standard InChI is InChI=1S/C22H24N6O2S/c1-13-5-7-17(8-6-13)21-26-25-20(30-21)16(4)31-22-27-24-19(28(22)23)12-29-18-10-14(2)9-15(3)11-18/h5-11,16H,12,23H2,1-4H3. The Hall–Kier alpha value is -3.33. The van der Waals surface area contributed by atoms with E-state index in [2.05, 4.69) is 26.5 Å². The monoisotopic (exact) mass is 436 g/mol. The third-order valence-electron chi connectivity index (χ3n) is 4.67. The predicted molar refractivity (Wildman–Crippen MR) is 119 cm³/mol. The Morgan fingerprint density at radius 3 is 2.39 bits per heavy atom. The predicted octanol–water partition coefficient (Wildman–Crippen LogP) is 4.40. The molecular weight excluding hydrogens is 412 g/mol. The fourth-order valence-corrected chi connectivity index (χ4v) is 3.89. The second kappa shape index (κ2) is 8.81. The molecule has 0 saturated heterocycles. The highest BCUT2D eigenvalue weighted by atomic mass is 32.2. The van der Waals surface area contributed by atoms with E-state index in [9.17, 15) is 0 Å². The van der Waals surface area contributed by atoms with E-state index in [1.807, 2.05) is 64.1 Å². The van der Waals surface area contributed by atoms with Gasteiger partial charge < -0.3 is 15.0 Å². The molecule has 2 N–H and O–H groups in total. The van der Waals surface area contributed by atoms with Crippen LogP contribution in [0.15, 0.2) is 52.0 Å². The van der Waals surface area contributed by atoms with Gasteiger partial charge in [-0.25, -0.2) is 4.68 Å². The zero-order chi connectivity index (χ0) is 22.0. The zero-order valence-corrected chi connectivity index (χ0v) is 18.7. The van der Waals surface area contributed by atoms with Crippen molar-refractivity contribution < 1.29 is 9.15 Å². The molecule has 4 aromatic rings. The number of nitrogens with two attached hydrogens (primary N) is 1. The summed E-state index contributed by atoms with van der Waals surface area (Å²) in [6.07, 6.45) is 0. The van der Waals surface area contributed by atoms with Crippen LogP contribution < -0.4 is 10.6 Å². The van der Waals surface area contributed by atoms with Crippen molar-refractivity contribution in [1.82, 2.24) is 25.1 Å². The number of thioether (sulfide) groups is 1. The number of aryl methyl sites for hydroxylation is 3. The fourth-order valence-electron chi connectivity index (χ4n) is 3.07. The summed E-state index contributed by atoms with van der Waals surface area (Å²) in [5.74, 6) is 8.47. The van der Waals surface area contributed by atoms with Crippen LogP contribution in [0.5, 0.6) is 5.75 Å². The van der Waals surface area contributed by atoms with Crippen LogP contribution in [0.2, 0.25) is 0 Å². The Labute approximate surface area is 184 Å². The van der Waals surface area contributed by atoms with Gasteiger partial charge in [0, 0.05) is 5.56 Å². The summed E-state index contributed by atoms with van der Waals surface area (Å²) in [6.45, 7) is 8.27. The quantitative estimate of drug-likeness (QED) is 0.336. The van der Waals surface area contributed by atoms with Gasteiger partial charge >= 0.3 is 0 Å². The first kappa shape index (κ1) is 20.9. The molecule has 0 aliphatic carbocycles. The number of hydrogen-bond acceptors (Lipinski definition) is 8. The highest BCUT2D eigenvalue weighted by molar-refractivity contribution is 7.99. The van der Waals surface area contributed by atoms with Crippen LogP contribution in [0.3, 0.4) is 0 Å². The van der Waals surface area contributed by atoms with Gasteiger partial charge in [-0.2, -0.15) is 0 Å². The number of hydrogen-bond donors (Lipinski definition) is 1. The number of ether oxygens (including phenoxy) is 1. The lowest BCUT2D eigenvalue weighted by atomic mass is 10.1. The molecule has 0 fully saturated rings. The van der Waals surface area contributed by atoms with Gasteiger partial charge in [-0.1, -0.05) is 35.5 Å². The Balaban J connectivity index is 1.42. The maximum absolute atomic E-state index is 6.19. The van der Waals surface area contributed by atoms with Crippen molar-refractivity contribution in [3.8, 4) is 17.2 Å². The Kier molecular flexibility index (Phi) is 5.94. The Bertz CT molecular complexity index is 1160. The Morgan fingerprint density at radius 1 is 0.968 bits per heavy atom. The molecule has 0 spiro atoms. The minimum atomic E-state index is -0.147. The molecule has 1 unspecified atom stereocenters. The van der Waals surface area contributed by atoms with Gasteiger partial charge in [0.1, 0.15) is 12.4 Å². The zero-order valence-electron chi connectivity index (χ0n) is 17.9. The fraction of sp³-hybridized carbons (Fsp3) is 0.273. The summed E-state index contributed by atoms with van der Waals surface area (Å²) in [6, 6.07) is 14.0. The molecule has 0 bridgehead atoms. The van der Waals surface area contributed by atoms with E-state index in [4.69, 9.17) is 15.0 Å². The number of aromatic nitrogens is 5. The van der Waals surface area contributed by atoms with Gasteiger partial charge in [-0.3, -0.25) is 0 Å². The molecule has 0 amide bonds. The van der Waals surface area contributed by atoms with E-state index < -0.39 is 0 Å². The molecule has 0 saturated carbocycles. The minimum Gasteiger partial charge on any atom is -0.486 e. The maximum Gasteiger partial charge on any atom is 0.247 e. The largest absolute Gasteiger partial charge is 0.486 e. The van der Waals surface area contributed by atoms with Gasteiger partial charge in [0.25, 0.3) is 0 Å². The van der Waals surface area contributed by atoms with Gasteiger partial charge in [-0.05, 0) is 63.1 Å². The van der Waals surface area contributed by atoms with Crippen LogP contribution in [0.4, 0.5) is 0 Å². The minimum absolute atomic E-state index is 0.147. The Morgan fingerprint density at radius 2 is 1.68 bits per heavy atom. The highest BCUT2D eigenvalue weighted by Crippen LogP contribution is 2.34. The van der Waals surface area contributed by atoms with E-state index >= 15 is 0 Å². The van der Waals surface area contributed by atoms with E-state index in [-0.39, 0.29) is 11.9 Å². The van der Waals surface area contributed by atoms with Crippen LogP contribution in [0.25, 0.3) is 11.5 Å². The van der Waals surface area contributed by atoms with Crippen LogP contribution in [-0.2, 0) is 6.61 Å². The normalized spacial score (nSPS) is 12.1. The number of rotatable bonds is 7. The number of nitrogen functional groups attached to an aromatic ring is 1. The van der Waals surface area contributed by atoms with Gasteiger partial charge in [0.2, 0.25) is 16.9 Å². The second-order valence-electron chi connectivity index (χ2n) is 7.45. The average molecular weight is 437 g/mol. The van der Waals surface area contributed by atoms with Crippen LogP contribution in [0, 0.1) is 20.8 Å². The molecule has 0 radical (unpaired) electrons. The van der Waals surface area contributed by atoms with Crippen LogP contribution >= 0.6 is 11.8 Å². The second-order valence-corrected chi connectivity index (χ2v) is 8.76. The molecule has 8 nitrogen and oxygen atoms in total. The summed E-state index contributed by atoms with van der Waals surface area (Å²) in [7, 11) is 0. The van der Waals surface area contributed by atoms with Crippen molar-refractivity contribution in [3.63, 3.8) is 0 Å². The van der Waals surface area contributed by atoms with Crippen LogP contribution in [0.1, 0.15) is 40.6 Å². The van der Waals surface area contributed by atoms with E-state index in [0.29, 0.717) is 22.8 Å². The molecule has 0 aliphatic rings. The highest BCUT2D eigenvalue weighted by Gasteiger charge is 2.20. The number of nitrogens with zero attached hydrogens (tertiary/aromatic N) is 5. The van der Waals surface area contributed by atoms with Crippen molar-refractivity contribution in [3.05, 3.63) is 70.9 Å². The van der Waals surface area contributed by atoms with Crippen molar-refractivity contribution in [2.75, 3.05) is 5.84 Å². The molecule has 0 aliphatic heterocycles. The lowest BCUT2D eigenvalue weighted by Crippen LogP contribution is -2.16. The van der Waals surface area contributed by atoms with Crippen molar-refractivity contribution >= 4 is 11.8 Å². The topological polar surface area (TPSA) is 105 Å². The summed E-state index contributed by atoms with van der Waals surface area (Å²) < 4.78 is 13.1. The van der Waals surface area contributed by atoms with Crippen molar-refractivity contribution in [2.45, 2.75) is 44.7 Å². The average Bonchev–Trinajstić information content (AvgIpc) is 3.34. The summed E-state index contributed by atoms with van der Waals surface area (Å²) in [4.78, 5) is 0. The lowest BCUT2D eigenvalue weighted by Gasteiger charge is -2.09. The van der Waals surface area contributed by atoms with Gasteiger partial charge in [-0.15, -0.1) is 20.4 Å². The molecule has 160 valence electrons. The third kappa shape index (κ3) is 4.88. The summed E-state index contributed by atoms with van der Waals surface area (Å²) in [5.41, 5.74) is 4.33. The first-order chi connectivity index (χ1) is 14.9. The van der Waals surface area contributed by atoms with E-state index in [1.54, 1.807) is 0 Å². The molecule has 1 atom stereocenters. The lowest BCUT2D eigenvalue weighted by molar-refractivity contribution is 0.291. The third-order valence-corrected chi connectivity index (χ3v) is 5.71. The van der Waals surface area contributed by atoms with Crippen LogP contribution in [-0.4, -0.2) is 25.1 Å². The smallest absolute Gasteiger partial charge is 0.247 e. The molecule has 4 rings (SSSR count). The van der Waals surface area contributed by atoms with E-state index in [1.165, 1.54) is 22.0 Å².